The quantitative estimate of drug-likeness (QED) is 0.521. The van der Waals surface area contributed by atoms with E-state index in [2.05, 4.69) is 20.9 Å². The molecule has 0 spiro atoms. The van der Waals surface area contributed by atoms with Crippen LogP contribution in [0.1, 0.15) is 23.2 Å². The molecule has 33 heavy (non-hydrogen) atoms. The van der Waals surface area contributed by atoms with Crippen molar-refractivity contribution in [3.63, 3.8) is 0 Å². The summed E-state index contributed by atoms with van der Waals surface area (Å²) in [7, 11) is 1.55. The first-order valence-corrected chi connectivity index (χ1v) is 10.8. The first-order valence-electron chi connectivity index (χ1n) is 10.8. The molecule has 3 N–H and O–H groups in total. The van der Waals surface area contributed by atoms with Crippen molar-refractivity contribution in [2.24, 2.45) is 5.92 Å². The molecule has 4 rings (SSSR count). The van der Waals surface area contributed by atoms with Crippen LogP contribution in [0.3, 0.4) is 0 Å². The van der Waals surface area contributed by atoms with E-state index in [1.807, 2.05) is 6.07 Å². The van der Waals surface area contributed by atoms with Gasteiger partial charge in [-0.2, -0.15) is 0 Å². The third kappa shape index (κ3) is 5.53. The van der Waals surface area contributed by atoms with Gasteiger partial charge in [-0.1, -0.05) is 12.1 Å². The van der Waals surface area contributed by atoms with Crippen molar-refractivity contribution in [3.05, 3.63) is 72.2 Å². The molecule has 170 valence electrons. The summed E-state index contributed by atoms with van der Waals surface area (Å²) in [4.78, 5) is 29.2. The Hall–Kier alpha value is -3.78. The molecule has 1 saturated heterocycles. The summed E-state index contributed by atoms with van der Waals surface area (Å²) in [6.07, 6.45) is 2.97. The van der Waals surface area contributed by atoms with Gasteiger partial charge in [0.25, 0.3) is 5.91 Å². The third-order valence-electron chi connectivity index (χ3n) is 5.51. The minimum atomic E-state index is -0.397. The number of ether oxygens (including phenoxy) is 1. The highest BCUT2D eigenvalue weighted by molar-refractivity contribution is 5.97. The van der Waals surface area contributed by atoms with Crippen LogP contribution < -0.4 is 16.0 Å². The molecule has 1 aromatic heterocycles. The number of nitrogens with zero attached hydrogens (tertiary/aromatic N) is 1. The summed E-state index contributed by atoms with van der Waals surface area (Å²) < 4.78 is 19.5. The van der Waals surface area contributed by atoms with Crippen molar-refractivity contribution in [1.82, 2.24) is 10.3 Å². The number of hydrogen-bond donors (Lipinski definition) is 3. The summed E-state index contributed by atoms with van der Waals surface area (Å²) in [6.45, 7) is 1.16. The number of halogens is 1. The molecule has 3 aromatic rings. The van der Waals surface area contributed by atoms with Crippen LogP contribution in [0.4, 0.5) is 21.6 Å². The van der Waals surface area contributed by atoms with Crippen LogP contribution in [0.5, 0.6) is 0 Å². The van der Waals surface area contributed by atoms with Gasteiger partial charge in [-0.05, 0) is 66.4 Å². The lowest BCUT2D eigenvalue weighted by Crippen LogP contribution is -2.28. The fraction of sp³-hybridized carbons (Fsp3) is 0.240. The third-order valence-corrected chi connectivity index (χ3v) is 5.51. The topological polar surface area (TPSA) is 92.4 Å². The van der Waals surface area contributed by atoms with Gasteiger partial charge in [0.1, 0.15) is 11.6 Å². The zero-order valence-electron chi connectivity index (χ0n) is 18.2. The normalized spacial score (nSPS) is 13.9. The predicted octanol–water partition coefficient (Wildman–Crippen LogP) is 4.36. The maximum Gasteiger partial charge on any atom is 0.251 e. The molecule has 1 aliphatic rings. The Balaban J connectivity index is 1.63. The number of nitrogens with one attached hydrogen (secondary N) is 3. The lowest BCUT2D eigenvalue weighted by Gasteiger charge is -2.21. The summed E-state index contributed by atoms with van der Waals surface area (Å²) in [6, 6.07) is 15.1. The van der Waals surface area contributed by atoms with Crippen molar-refractivity contribution >= 4 is 29.0 Å². The molecule has 0 radical (unpaired) electrons. The van der Waals surface area contributed by atoms with Crippen LogP contribution in [0, 0.1) is 11.7 Å². The summed E-state index contributed by atoms with van der Waals surface area (Å²) >= 11 is 0. The molecule has 0 bridgehead atoms. The van der Waals surface area contributed by atoms with Crippen molar-refractivity contribution in [2.75, 3.05) is 30.9 Å². The van der Waals surface area contributed by atoms with Gasteiger partial charge in [0, 0.05) is 43.6 Å². The van der Waals surface area contributed by atoms with Gasteiger partial charge in [-0.25, -0.2) is 9.37 Å². The highest BCUT2D eigenvalue weighted by atomic mass is 19.1. The molecular formula is C25H25FN4O3. The Bertz CT molecular complexity index is 1160. The van der Waals surface area contributed by atoms with Crippen LogP contribution in [-0.4, -0.2) is 37.1 Å². The number of para-hydroxylation sites is 1. The first kappa shape index (κ1) is 22.4. The molecule has 0 atom stereocenters. The van der Waals surface area contributed by atoms with Crippen LogP contribution in [0.2, 0.25) is 0 Å². The van der Waals surface area contributed by atoms with Gasteiger partial charge in [0.2, 0.25) is 5.91 Å². The van der Waals surface area contributed by atoms with E-state index in [9.17, 15) is 14.0 Å². The monoisotopic (exact) mass is 448 g/mol. The van der Waals surface area contributed by atoms with E-state index in [1.54, 1.807) is 55.7 Å². The number of benzene rings is 2. The first-order chi connectivity index (χ1) is 16.0. The van der Waals surface area contributed by atoms with Crippen LogP contribution in [0.25, 0.3) is 11.1 Å². The molecule has 0 aliphatic carbocycles. The van der Waals surface area contributed by atoms with Crippen LogP contribution in [0.15, 0.2) is 60.8 Å². The Morgan fingerprint density at radius 3 is 2.58 bits per heavy atom. The number of rotatable bonds is 6. The van der Waals surface area contributed by atoms with E-state index < -0.39 is 5.82 Å². The number of carbonyl (C=O) groups excluding carboxylic acids is 2. The largest absolute Gasteiger partial charge is 0.381 e. The predicted molar refractivity (Wildman–Crippen MR) is 125 cm³/mol. The maximum absolute atomic E-state index is 14.2. The Labute approximate surface area is 191 Å². The number of hydrogen-bond acceptors (Lipinski definition) is 5. The zero-order chi connectivity index (χ0) is 23.2. The molecule has 2 amide bonds. The lowest BCUT2D eigenvalue weighted by molar-refractivity contribution is -0.122. The minimum absolute atomic E-state index is 0.0797. The second kappa shape index (κ2) is 10.2. The van der Waals surface area contributed by atoms with Crippen LogP contribution >= 0.6 is 0 Å². The van der Waals surface area contributed by atoms with E-state index >= 15 is 0 Å². The van der Waals surface area contributed by atoms with Gasteiger partial charge < -0.3 is 20.7 Å². The van der Waals surface area contributed by atoms with Crippen LogP contribution in [-0.2, 0) is 9.53 Å². The summed E-state index contributed by atoms with van der Waals surface area (Å²) in [5.74, 6) is -0.416. The molecule has 1 aliphatic heterocycles. The van der Waals surface area contributed by atoms with E-state index in [4.69, 9.17) is 4.74 Å². The van der Waals surface area contributed by atoms with Crippen molar-refractivity contribution in [3.8, 4) is 11.1 Å². The van der Waals surface area contributed by atoms with E-state index in [-0.39, 0.29) is 17.7 Å². The van der Waals surface area contributed by atoms with Gasteiger partial charge in [-0.3, -0.25) is 9.59 Å². The number of pyridine rings is 1. The van der Waals surface area contributed by atoms with Crippen molar-refractivity contribution < 1.29 is 18.7 Å². The Kier molecular flexibility index (Phi) is 6.95. The number of anilines is 3. The van der Waals surface area contributed by atoms with Gasteiger partial charge in [0.05, 0.1) is 5.69 Å². The molecule has 2 aromatic carbocycles. The minimum Gasteiger partial charge on any atom is -0.381 e. The summed E-state index contributed by atoms with van der Waals surface area (Å²) in [5, 5.41) is 8.54. The maximum atomic E-state index is 14.2. The highest BCUT2D eigenvalue weighted by Crippen LogP contribution is 2.29. The van der Waals surface area contributed by atoms with Gasteiger partial charge in [0.15, 0.2) is 0 Å². The van der Waals surface area contributed by atoms with Crippen molar-refractivity contribution in [1.29, 1.82) is 0 Å². The molecular weight excluding hydrogens is 423 g/mol. The highest BCUT2D eigenvalue weighted by Gasteiger charge is 2.22. The number of amides is 2. The molecule has 2 heterocycles. The molecule has 1 fully saturated rings. The second-order valence-corrected chi connectivity index (χ2v) is 7.79. The molecule has 0 saturated carbocycles. The van der Waals surface area contributed by atoms with Gasteiger partial charge >= 0.3 is 0 Å². The summed E-state index contributed by atoms with van der Waals surface area (Å²) in [5.41, 5.74) is 2.75. The SMILES string of the molecule is CNC(=O)c1cc(Nc2ccccc2F)cc(-c2ccnc(NC(=O)C3CCOCC3)c2)c1. The lowest BCUT2D eigenvalue weighted by atomic mass is 9.99. The fourth-order valence-corrected chi connectivity index (χ4v) is 3.73. The smallest absolute Gasteiger partial charge is 0.251 e. The molecule has 0 unspecified atom stereocenters. The second-order valence-electron chi connectivity index (χ2n) is 7.79. The number of carbonyl (C=O) groups is 2. The number of aromatic nitrogens is 1. The van der Waals surface area contributed by atoms with Gasteiger partial charge in [-0.15, -0.1) is 0 Å². The van der Waals surface area contributed by atoms with Crippen molar-refractivity contribution in [2.45, 2.75) is 12.8 Å². The molecule has 8 heteroatoms. The Morgan fingerprint density at radius 1 is 1.03 bits per heavy atom. The Morgan fingerprint density at radius 2 is 1.82 bits per heavy atom. The fourth-order valence-electron chi connectivity index (χ4n) is 3.73. The average Bonchev–Trinajstić information content (AvgIpc) is 2.85. The average molecular weight is 448 g/mol. The zero-order valence-corrected chi connectivity index (χ0v) is 18.2. The molecule has 7 nitrogen and oxygen atoms in total. The van der Waals surface area contributed by atoms with E-state index in [0.29, 0.717) is 48.8 Å². The standard InChI is InChI=1S/C25H25FN4O3/c1-27-24(31)19-12-18(13-20(14-19)29-22-5-3-2-4-21(22)26)17-6-9-28-23(15-17)30-25(32)16-7-10-33-11-8-16/h2-6,9,12-16,29H,7-8,10-11H2,1H3,(H,27,31)(H,28,30,32). The van der Waals surface area contributed by atoms with E-state index in [0.717, 1.165) is 11.1 Å². The van der Waals surface area contributed by atoms with E-state index in [1.165, 1.54) is 6.07 Å².